The molecular formula is C14H17BrFNO. The van der Waals surface area contributed by atoms with Gasteiger partial charge in [-0.25, -0.2) is 4.39 Å². The number of likely N-dealkylation sites (tertiary alicyclic amines) is 1. The molecule has 2 rings (SSSR count). The fraction of sp³-hybridized carbons (Fsp3) is 0.500. The van der Waals surface area contributed by atoms with Crippen LogP contribution in [0.3, 0.4) is 0 Å². The molecule has 1 aromatic rings. The lowest BCUT2D eigenvalue weighted by atomic mass is 10.1. The Hall–Kier alpha value is -0.900. The number of benzene rings is 1. The maximum Gasteiger partial charge on any atom is 0.255 e. The second kappa shape index (κ2) is 6.32. The highest BCUT2D eigenvalue weighted by atomic mass is 79.9. The molecule has 1 amide bonds. The SMILES string of the molecule is O=C(c1cccc(F)c1Br)N1CCCCCCC1. The molecule has 0 unspecified atom stereocenters. The minimum absolute atomic E-state index is 0.0664. The topological polar surface area (TPSA) is 20.3 Å². The molecule has 1 saturated heterocycles. The van der Waals surface area contributed by atoms with Gasteiger partial charge in [0.05, 0.1) is 10.0 Å². The number of carbonyl (C=O) groups excluding carboxylic acids is 1. The van der Waals surface area contributed by atoms with Crippen molar-refractivity contribution in [2.75, 3.05) is 13.1 Å². The molecule has 0 radical (unpaired) electrons. The van der Waals surface area contributed by atoms with Gasteiger partial charge in [-0.3, -0.25) is 4.79 Å². The highest BCUT2D eigenvalue weighted by Crippen LogP contribution is 2.23. The van der Waals surface area contributed by atoms with Gasteiger partial charge in [-0.1, -0.05) is 25.3 Å². The van der Waals surface area contributed by atoms with Crippen molar-refractivity contribution < 1.29 is 9.18 Å². The van der Waals surface area contributed by atoms with Crippen LogP contribution in [0.15, 0.2) is 22.7 Å². The third kappa shape index (κ3) is 3.10. The van der Waals surface area contributed by atoms with Gasteiger partial charge >= 0.3 is 0 Å². The first-order valence-electron chi connectivity index (χ1n) is 6.43. The van der Waals surface area contributed by atoms with Crippen LogP contribution in [0.1, 0.15) is 42.5 Å². The molecule has 0 atom stereocenters. The first kappa shape index (κ1) is 13.5. The molecule has 0 aliphatic carbocycles. The predicted octanol–water partition coefficient (Wildman–Crippen LogP) is 3.99. The highest BCUT2D eigenvalue weighted by molar-refractivity contribution is 9.10. The minimum atomic E-state index is -0.382. The molecule has 0 aromatic heterocycles. The zero-order valence-electron chi connectivity index (χ0n) is 10.3. The Morgan fingerprint density at radius 2 is 1.72 bits per heavy atom. The molecule has 1 aliphatic rings. The molecule has 0 N–H and O–H groups in total. The van der Waals surface area contributed by atoms with Crippen molar-refractivity contribution >= 4 is 21.8 Å². The van der Waals surface area contributed by atoms with Crippen LogP contribution < -0.4 is 0 Å². The summed E-state index contributed by atoms with van der Waals surface area (Å²) in [6.07, 6.45) is 5.69. The maximum atomic E-state index is 13.4. The quantitative estimate of drug-likeness (QED) is 0.767. The first-order valence-corrected chi connectivity index (χ1v) is 7.23. The van der Waals surface area contributed by atoms with Crippen LogP contribution in [0.5, 0.6) is 0 Å². The number of halogens is 2. The van der Waals surface area contributed by atoms with Crippen molar-refractivity contribution in [2.45, 2.75) is 32.1 Å². The van der Waals surface area contributed by atoms with Gasteiger partial charge in [-0.15, -0.1) is 0 Å². The summed E-state index contributed by atoms with van der Waals surface area (Å²) in [5.74, 6) is -0.448. The van der Waals surface area contributed by atoms with E-state index >= 15 is 0 Å². The van der Waals surface area contributed by atoms with E-state index in [9.17, 15) is 9.18 Å². The van der Waals surface area contributed by atoms with Crippen LogP contribution in [0, 0.1) is 5.82 Å². The van der Waals surface area contributed by atoms with E-state index in [1.54, 1.807) is 12.1 Å². The van der Waals surface area contributed by atoms with Crippen LogP contribution in [0.25, 0.3) is 0 Å². The van der Waals surface area contributed by atoms with Crippen LogP contribution in [-0.4, -0.2) is 23.9 Å². The third-order valence-corrected chi connectivity index (χ3v) is 4.13. The van der Waals surface area contributed by atoms with Crippen LogP contribution in [0.4, 0.5) is 4.39 Å². The lowest BCUT2D eigenvalue weighted by molar-refractivity contribution is 0.0741. The van der Waals surface area contributed by atoms with Gasteiger partial charge in [-0.05, 0) is 40.9 Å². The Labute approximate surface area is 115 Å². The Balaban J connectivity index is 2.16. The Morgan fingerprint density at radius 3 is 2.39 bits per heavy atom. The first-order chi connectivity index (χ1) is 8.70. The lowest BCUT2D eigenvalue weighted by Crippen LogP contribution is -2.34. The van der Waals surface area contributed by atoms with E-state index in [1.807, 2.05) is 4.90 Å². The standard InChI is InChI=1S/C14H17BrFNO/c15-13-11(7-6-8-12(13)16)14(18)17-9-4-2-1-3-5-10-17/h6-8H,1-5,9-10H2. The van der Waals surface area contributed by atoms with Crippen molar-refractivity contribution in [3.05, 3.63) is 34.1 Å². The van der Waals surface area contributed by atoms with E-state index in [-0.39, 0.29) is 16.2 Å². The van der Waals surface area contributed by atoms with Crippen molar-refractivity contribution in [1.29, 1.82) is 0 Å². The molecular weight excluding hydrogens is 297 g/mol. The summed E-state index contributed by atoms with van der Waals surface area (Å²) in [6, 6.07) is 4.61. The van der Waals surface area contributed by atoms with E-state index in [4.69, 9.17) is 0 Å². The number of nitrogens with zero attached hydrogens (tertiary/aromatic N) is 1. The number of rotatable bonds is 1. The summed E-state index contributed by atoms with van der Waals surface area (Å²) in [5, 5.41) is 0. The molecule has 0 spiro atoms. The molecule has 0 bridgehead atoms. The fourth-order valence-electron chi connectivity index (χ4n) is 2.29. The van der Waals surface area contributed by atoms with Gasteiger partial charge in [0.25, 0.3) is 5.91 Å². The predicted molar refractivity (Wildman–Crippen MR) is 73.1 cm³/mol. The molecule has 18 heavy (non-hydrogen) atoms. The fourth-order valence-corrected chi connectivity index (χ4v) is 2.72. The van der Waals surface area contributed by atoms with E-state index < -0.39 is 0 Å². The molecule has 1 fully saturated rings. The largest absolute Gasteiger partial charge is 0.339 e. The number of hydrogen-bond acceptors (Lipinski definition) is 1. The van der Waals surface area contributed by atoms with Gasteiger partial charge in [0.15, 0.2) is 0 Å². The smallest absolute Gasteiger partial charge is 0.255 e. The van der Waals surface area contributed by atoms with Crippen molar-refractivity contribution in [1.82, 2.24) is 4.90 Å². The molecule has 1 heterocycles. The van der Waals surface area contributed by atoms with E-state index in [0.29, 0.717) is 5.56 Å². The summed E-state index contributed by atoms with van der Waals surface area (Å²) in [5.41, 5.74) is 0.426. The van der Waals surface area contributed by atoms with Crippen LogP contribution in [0.2, 0.25) is 0 Å². The second-order valence-corrected chi connectivity index (χ2v) is 5.45. The van der Waals surface area contributed by atoms with Crippen molar-refractivity contribution in [3.63, 3.8) is 0 Å². The summed E-state index contributed by atoms with van der Waals surface area (Å²) in [7, 11) is 0. The second-order valence-electron chi connectivity index (χ2n) is 4.66. The molecule has 1 aromatic carbocycles. The van der Waals surface area contributed by atoms with E-state index in [0.717, 1.165) is 25.9 Å². The van der Waals surface area contributed by atoms with Crippen molar-refractivity contribution in [2.24, 2.45) is 0 Å². The summed E-state index contributed by atoms with van der Waals surface area (Å²) >= 11 is 3.16. The summed E-state index contributed by atoms with van der Waals surface area (Å²) in [4.78, 5) is 14.2. The van der Waals surface area contributed by atoms with Gasteiger partial charge in [0.2, 0.25) is 0 Å². The Morgan fingerprint density at radius 1 is 1.11 bits per heavy atom. The monoisotopic (exact) mass is 313 g/mol. The average Bonchev–Trinajstić information content (AvgIpc) is 2.31. The normalized spacial score (nSPS) is 17.1. The molecule has 4 heteroatoms. The minimum Gasteiger partial charge on any atom is -0.339 e. The molecule has 98 valence electrons. The van der Waals surface area contributed by atoms with Crippen LogP contribution >= 0.6 is 15.9 Å². The Kier molecular flexibility index (Phi) is 4.75. The van der Waals surface area contributed by atoms with Gasteiger partial charge in [-0.2, -0.15) is 0 Å². The summed E-state index contributed by atoms with van der Waals surface area (Å²) in [6.45, 7) is 1.56. The Bertz CT molecular complexity index is 428. The van der Waals surface area contributed by atoms with Crippen molar-refractivity contribution in [3.8, 4) is 0 Å². The summed E-state index contributed by atoms with van der Waals surface area (Å²) < 4.78 is 13.7. The van der Waals surface area contributed by atoms with Gasteiger partial charge in [0, 0.05) is 13.1 Å². The van der Waals surface area contributed by atoms with Gasteiger partial charge in [0.1, 0.15) is 5.82 Å². The average molecular weight is 314 g/mol. The zero-order valence-corrected chi connectivity index (χ0v) is 11.9. The maximum absolute atomic E-state index is 13.4. The number of hydrogen-bond donors (Lipinski definition) is 0. The van der Waals surface area contributed by atoms with E-state index in [1.165, 1.54) is 25.3 Å². The van der Waals surface area contributed by atoms with Gasteiger partial charge < -0.3 is 4.90 Å². The molecule has 1 aliphatic heterocycles. The lowest BCUT2D eigenvalue weighted by Gasteiger charge is -2.25. The van der Waals surface area contributed by atoms with Crippen LogP contribution in [-0.2, 0) is 0 Å². The third-order valence-electron chi connectivity index (χ3n) is 3.33. The zero-order chi connectivity index (χ0) is 13.0. The highest BCUT2D eigenvalue weighted by Gasteiger charge is 2.20. The number of carbonyl (C=O) groups is 1. The molecule has 2 nitrogen and oxygen atoms in total. The molecule has 0 saturated carbocycles. The van der Waals surface area contributed by atoms with E-state index in [2.05, 4.69) is 15.9 Å². The number of amides is 1.